The summed E-state index contributed by atoms with van der Waals surface area (Å²) in [5.41, 5.74) is 2.00. The fraction of sp³-hybridized carbons (Fsp3) is 0.368. The molecule has 1 heterocycles. The van der Waals surface area contributed by atoms with Gasteiger partial charge in [0.2, 0.25) is 10.0 Å². The van der Waals surface area contributed by atoms with Gasteiger partial charge < -0.3 is 9.47 Å². The van der Waals surface area contributed by atoms with E-state index < -0.39 is 15.8 Å². The molecule has 0 saturated carbocycles. The Labute approximate surface area is 159 Å². The number of nitrogens with zero attached hydrogens (tertiary/aromatic N) is 1. The maximum atomic E-state index is 13.8. The summed E-state index contributed by atoms with van der Waals surface area (Å²) in [6.45, 7) is 4.33. The molecule has 1 saturated heterocycles. The monoisotopic (exact) mass is 394 g/mol. The molecule has 1 aliphatic heterocycles. The van der Waals surface area contributed by atoms with Crippen molar-refractivity contribution < 1.29 is 22.3 Å². The minimum Gasteiger partial charge on any atom is -0.494 e. The van der Waals surface area contributed by atoms with Gasteiger partial charge in [0.25, 0.3) is 0 Å². The topological polar surface area (TPSA) is 67.9 Å². The second-order valence-electron chi connectivity index (χ2n) is 6.33. The molecule has 1 fully saturated rings. The number of nitrogens with one attached hydrogen (secondary N) is 1. The van der Waals surface area contributed by atoms with E-state index in [9.17, 15) is 12.8 Å². The van der Waals surface area contributed by atoms with Crippen molar-refractivity contribution >= 4 is 10.0 Å². The molecule has 3 rings (SSSR count). The van der Waals surface area contributed by atoms with Crippen LogP contribution in [-0.4, -0.2) is 46.7 Å². The van der Waals surface area contributed by atoms with E-state index in [4.69, 9.17) is 9.47 Å². The lowest BCUT2D eigenvalue weighted by atomic mass is 10.1. The van der Waals surface area contributed by atoms with Gasteiger partial charge in [-0.1, -0.05) is 24.3 Å². The van der Waals surface area contributed by atoms with Crippen LogP contribution in [-0.2, 0) is 27.8 Å². The molecule has 146 valence electrons. The lowest BCUT2D eigenvalue weighted by molar-refractivity contribution is 0.0342. The highest BCUT2D eigenvalue weighted by Gasteiger charge is 2.16. The zero-order valence-electron chi connectivity index (χ0n) is 15.2. The fourth-order valence-corrected chi connectivity index (χ4v) is 3.89. The summed E-state index contributed by atoms with van der Waals surface area (Å²) in [5.74, 6) is -0.711. The van der Waals surface area contributed by atoms with Crippen LogP contribution in [0.3, 0.4) is 0 Å². The van der Waals surface area contributed by atoms with Crippen molar-refractivity contribution in [2.45, 2.75) is 18.0 Å². The highest BCUT2D eigenvalue weighted by Crippen LogP contribution is 2.20. The van der Waals surface area contributed by atoms with Crippen LogP contribution >= 0.6 is 0 Å². The van der Waals surface area contributed by atoms with Crippen LogP contribution in [0.5, 0.6) is 5.75 Å². The van der Waals surface area contributed by atoms with Gasteiger partial charge in [0.05, 0.1) is 25.2 Å². The third-order valence-electron chi connectivity index (χ3n) is 4.43. The maximum absolute atomic E-state index is 13.8. The largest absolute Gasteiger partial charge is 0.494 e. The average molecular weight is 394 g/mol. The number of hydrogen-bond acceptors (Lipinski definition) is 5. The molecular weight excluding hydrogens is 371 g/mol. The second kappa shape index (κ2) is 8.79. The van der Waals surface area contributed by atoms with Gasteiger partial charge >= 0.3 is 0 Å². The smallest absolute Gasteiger partial charge is 0.240 e. The fourth-order valence-electron chi connectivity index (χ4n) is 2.86. The molecule has 2 aromatic rings. The van der Waals surface area contributed by atoms with E-state index in [0.29, 0.717) is 0 Å². The van der Waals surface area contributed by atoms with Crippen LogP contribution in [0, 0.1) is 5.82 Å². The average Bonchev–Trinajstić information content (AvgIpc) is 2.68. The van der Waals surface area contributed by atoms with E-state index in [1.807, 2.05) is 24.3 Å². The summed E-state index contributed by atoms with van der Waals surface area (Å²) < 4.78 is 51.1. The molecule has 1 aliphatic rings. The SMILES string of the molecule is COc1ccc(S(=O)(=O)NCc2ccc(CN3CCOCC3)cc2)cc1F. The van der Waals surface area contributed by atoms with Crippen molar-refractivity contribution in [3.8, 4) is 5.75 Å². The quantitative estimate of drug-likeness (QED) is 0.779. The van der Waals surface area contributed by atoms with Gasteiger partial charge in [-0.3, -0.25) is 4.90 Å². The Balaban J connectivity index is 1.59. The first-order valence-electron chi connectivity index (χ1n) is 8.69. The Morgan fingerprint density at radius 2 is 1.78 bits per heavy atom. The number of halogens is 1. The normalized spacial score (nSPS) is 15.6. The van der Waals surface area contributed by atoms with Crippen molar-refractivity contribution in [2.24, 2.45) is 0 Å². The molecular formula is C19H23FN2O4S. The number of morpholine rings is 1. The van der Waals surface area contributed by atoms with Crippen LogP contribution in [0.25, 0.3) is 0 Å². The third-order valence-corrected chi connectivity index (χ3v) is 5.83. The Bertz CT molecular complexity index is 866. The number of ether oxygens (including phenoxy) is 2. The molecule has 0 amide bonds. The molecule has 0 atom stereocenters. The first kappa shape index (κ1) is 19.8. The molecule has 6 nitrogen and oxygen atoms in total. The summed E-state index contributed by atoms with van der Waals surface area (Å²) in [6, 6.07) is 11.3. The molecule has 27 heavy (non-hydrogen) atoms. The highest BCUT2D eigenvalue weighted by molar-refractivity contribution is 7.89. The Morgan fingerprint density at radius 3 is 2.41 bits per heavy atom. The van der Waals surface area contributed by atoms with E-state index in [1.54, 1.807) is 0 Å². The van der Waals surface area contributed by atoms with Crippen molar-refractivity contribution in [1.29, 1.82) is 0 Å². The Hall–Kier alpha value is -2.00. The first-order chi connectivity index (χ1) is 13.0. The molecule has 1 N–H and O–H groups in total. The van der Waals surface area contributed by atoms with Gasteiger partial charge in [-0.05, 0) is 29.3 Å². The standard InChI is InChI=1S/C19H23FN2O4S/c1-25-19-7-6-17(12-18(19)20)27(23,24)21-13-15-2-4-16(5-3-15)14-22-8-10-26-11-9-22/h2-7,12,21H,8-11,13-14H2,1H3. The maximum Gasteiger partial charge on any atom is 0.240 e. The number of rotatable bonds is 7. The molecule has 0 unspecified atom stereocenters. The van der Waals surface area contributed by atoms with Crippen molar-refractivity contribution in [3.63, 3.8) is 0 Å². The number of sulfonamides is 1. The molecule has 0 radical (unpaired) electrons. The molecule has 8 heteroatoms. The lowest BCUT2D eigenvalue weighted by Gasteiger charge is -2.26. The summed E-state index contributed by atoms with van der Waals surface area (Å²) in [5, 5.41) is 0. The Morgan fingerprint density at radius 1 is 1.11 bits per heavy atom. The van der Waals surface area contributed by atoms with E-state index >= 15 is 0 Å². The number of methoxy groups -OCH3 is 1. The van der Waals surface area contributed by atoms with Gasteiger partial charge in [0, 0.05) is 26.2 Å². The zero-order chi connectivity index (χ0) is 19.3. The van der Waals surface area contributed by atoms with Crippen molar-refractivity contribution in [3.05, 3.63) is 59.4 Å². The highest BCUT2D eigenvalue weighted by atomic mass is 32.2. The lowest BCUT2D eigenvalue weighted by Crippen LogP contribution is -2.35. The van der Waals surface area contributed by atoms with Crippen LogP contribution in [0.1, 0.15) is 11.1 Å². The summed E-state index contributed by atoms with van der Waals surface area (Å²) >= 11 is 0. The Kier molecular flexibility index (Phi) is 6.43. The predicted octanol–water partition coefficient (Wildman–Crippen LogP) is 2.14. The summed E-state index contributed by atoms with van der Waals surface area (Å²) in [6.07, 6.45) is 0. The van der Waals surface area contributed by atoms with Crippen molar-refractivity contribution in [1.82, 2.24) is 9.62 Å². The third kappa shape index (κ3) is 5.26. The van der Waals surface area contributed by atoms with E-state index in [2.05, 4.69) is 9.62 Å². The van der Waals surface area contributed by atoms with Crippen LogP contribution in [0.2, 0.25) is 0 Å². The first-order valence-corrected chi connectivity index (χ1v) is 10.2. The van der Waals surface area contributed by atoms with Gasteiger partial charge in [-0.2, -0.15) is 0 Å². The van der Waals surface area contributed by atoms with Gasteiger partial charge in [-0.25, -0.2) is 17.5 Å². The van der Waals surface area contributed by atoms with E-state index in [-0.39, 0.29) is 17.2 Å². The van der Waals surface area contributed by atoms with Crippen LogP contribution in [0.4, 0.5) is 4.39 Å². The minimum absolute atomic E-state index is 0.00445. The van der Waals surface area contributed by atoms with Crippen LogP contribution < -0.4 is 9.46 Å². The second-order valence-corrected chi connectivity index (χ2v) is 8.09. The van der Waals surface area contributed by atoms with Gasteiger partial charge in [-0.15, -0.1) is 0 Å². The molecule has 0 aliphatic carbocycles. The summed E-state index contributed by atoms with van der Waals surface area (Å²) in [4.78, 5) is 2.18. The molecule has 0 aromatic heterocycles. The zero-order valence-corrected chi connectivity index (χ0v) is 16.0. The molecule has 2 aromatic carbocycles. The number of hydrogen-bond donors (Lipinski definition) is 1. The van der Waals surface area contributed by atoms with Crippen molar-refractivity contribution in [2.75, 3.05) is 33.4 Å². The van der Waals surface area contributed by atoms with Gasteiger partial charge in [0.1, 0.15) is 0 Å². The number of benzene rings is 2. The minimum atomic E-state index is -3.81. The van der Waals surface area contributed by atoms with Crippen LogP contribution in [0.15, 0.2) is 47.4 Å². The predicted molar refractivity (Wildman–Crippen MR) is 99.5 cm³/mol. The van der Waals surface area contributed by atoms with Gasteiger partial charge in [0.15, 0.2) is 11.6 Å². The molecule has 0 bridgehead atoms. The molecule has 0 spiro atoms. The summed E-state index contributed by atoms with van der Waals surface area (Å²) in [7, 11) is -2.48. The van der Waals surface area contributed by atoms with E-state index in [0.717, 1.165) is 44.5 Å². The van der Waals surface area contributed by atoms with E-state index in [1.165, 1.54) is 24.8 Å².